The monoisotopic (exact) mass is 222 g/mol. The molecule has 0 heterocycles. The van der Waals surface area contributed by atoms with E-state index in [1.54, 1.807) is 0 Å². The highest BCUT2D eigenvalue weighted by atomic mass is 28.4. The molecule has 1 fully saturated rings. The van der Waals surface area contributed by atoms with Crippen LogP contribution in [-0.2, 0) is 4.43 Å². The fourth-order valence-electron chi connectivity index (χ4n) is 1.93. The maximum atomic E-state index is 6.15. The van der Waals surface area contributed by atoms with Crippen LogP contribution in [0.15, 0.2) is 23.5 Å². The Kier molecular flexibility index (Phi) is 3.05. The molecule has 0 spiro atoms. The lowest BCUT2D eigenvalue weighted by Crippen LogP contribution is -2.26. The second kappa shape index (κ2) is 4.16. The highest BCUT2D eigenvalue weighted by Crippen LogP contribution is 2.36. The van der Waals surface area contributed by atoms with Gasteiger partial charge >= 0.3 is 0 Å². The van der Waals surface area contributed by atoms with Crippen LogP contribution in [0.5, 0.6) is 0 Å². The van der Waals surface area contributed by atoms with Gasteiger partial charge in [0.2, 0.25) is 8.32 Å². The number of hydrogen-bond acceptors (Lipinski definition) is 1. The van der Waals surface area contributed by atoms with E-state index < -0.39 is 8.32 Å². The summed E-state index contributed by atoms with van der Waals surface area (Å²) in [5, 5.41) is 0. The Morgan fingerprint density at radius 2 is 2.07 bits per heavy atom. The molecule has 1 saturated carbocycles. The third-order valence-corrected chi connectivity index (χ3v) is 3.60. The first-order chi connectivity index (χ1) is 7.04. The minimum absolute atomic E-state index is 0.867. The van der Waals surface area contributed by atoms with Crippen LogP contribution in [0.2, 0.25) is 19.6 Å². The van der Waals surface area contributed by atoms with Gasteiger partial charge in [0.25, 0.3) is 0 Å². The lowest BCUT2D eigenvalue weighted by molar-refractivity contribution is 0.416. The topological polar surface area (TPSA) is 9.23 Å². The van der Waals surface area contributed by atoms with E-state index in [1.165, 1.54) is 43.4 Å². The fraction of sp³-hybridized carbons (Fsp3) is 0.692. The van der Waals surface area contributed by atoms with E-state index in [9.17, 15) is 0 Å². The van der Waals surface area contributed by atoms with E-state index in [0.29, 0.717) is 0 Å². The zero-order valence-electron chi connectivity index (χ0n) is 10.2. The predicted molar refractivity (Wildman–Crippen MR) is 67.2 cm³/mol. The summed E-state index contributed by atoms with van der Waals surface area (Å²) in [7, 11) is -1.43. The van der Waals surface area contributed by atoms with Gasteiger partial charge in [-0.1, -0.05) is 6.08 Å². The minimum Gasteiger partial charge on any atom is -0.544 e. The predicted octanol–water partition coefficient (Wildman–Crippen LogP) is 4.24. The average Bonchev–Trinajstić information content (AvgIpc) is 2.89. The van der Waals surface area contributed by atoms with Crippen LogP contribution in [0.25, 0.3) is 0 Å². The Morgan fingerprint density at radius 3 is 2.67 bits per heavy atom. The standard InChI is InChI=1S/C13H22OSi/c1-15(2,3)14-13-7-5-4-6-12(13)10-11-8-9-11/h7,10-11H,4-6,8-9H2,1-3H3. The van der Waals surface area contributed by atoms with Crippen LogP contribution >= 0.6 is 0 Å². The Morgan fingerprint density at radius 1 is 1.33 bits per heavy atom. The molecule has 0 aliphatic heterocycles. The lowest BCUT2D eigenvalue weighted by Gasteiger charge is -2.26. The molecule has 0 N–H and O–H groups in total. The summed E-state index contributed by atoms with van der Waals surface area (Å²) < 4.78 is 6.15. The lowest BCUT2D eigenvalue weighted by atomic mass is 9.99. The van der Waals surface area contributed by atoms with Gasteiger partial charge in [0.15, 0.2) is 0 Å². The number of rotatable bonds is 3. The highest BCUT2D eigenvalue weighted by molar-refractivity contribution is 6.70. The summed E-state index contributed by atoms with van der Waals surface area (Å²) in [6.45, 7) is 6.78. The van der Waals surface area contributed by atoms with Crippen LogP contribution in [0.1, 0.15) is 32.1 Å². The van der Waals surface area contributed by atoms with Gasteiger partial charge in [-0.2, -0.15) is 0 Å². The molecule has 0 aromatic carbocycles. The van der Waals surface area contributed by atoms with Crippen LogP contribution in [0.4, 0.5) is 0 Å². The molecular weight excluding hydrogens is 200 g/mol. The van der Waals surface area contributed by atoms with Gasteiger partial charge in [-0.05, 0) is 69.3 Å². The molecule has 2 aliphatic carbocycles. The molecule has 0 radical (unpaired) electrons. The molecule has 1 nitrogen and oxygen atoms in total. The summed E-state index contributed by atoms with van der Waals surface area (Å²) in [5.74, 6) is 2.08. The SMILES string of the molecule is C[Si](C)(C)OC1=CCCCC1=CC1CC1. The van der Waals surface area contributed by atoms with Gasteiger partial charge in [0.05, 0.1) is 0 Å². The first kappa shape index (κ1) is 11.0. The van der Waals surface area contributed by atoms with Gasteiger partial charge in [0.1, 0.15) is 5.76 Å². The molecule has 84 valence electrons. The molecule has 15 heavy (non-hydrogen) atoms. The Labute approximate surface area is 94.3 Å². The fourth-order valence-corrected chi connectivity index (χ4v) is 2.80. The van der Waals surface area contributed by atoms with Crippen molar-refractivity contribution in [3.8, 4) is 0 Å². The second-order valence-corrected chi connectivity index (χ2v) is 10.1. The van der Waals surface area contributed by atoms with Crippen LogP contribution in [0.3, 0.4) is 0 Å². The van der Waals surface area contributed by atoms with Gasteiger partial charge < -0.3 is 4.43 Å². The zero-order chi connectivity index (χ0) is 10.9. The van der Waals surface area contributed by atoms with Crippen LogP contribution < -0.4 is 0 Å². The van der Waals surface area contributed by atoms with Crippen molar-refractivity contribution in [3.63, 3.8) is 0 Å². The normalized spacial score (nSPS) is 25.3. The van der Waals surface area contributed by atoms with E-state index in [0.717, 1.165) is 5.92 Å². The third kappa shape index (κ3) is 3.52. The quantitative estimate of drug-likeness (QED) is 0.649. The van der Waals surface area contributed by atoms with Crippen molar-refractivity contribution < 1.29 is 4.43 Å². The van der Waals surface area contributed by atoms with Gasteiger partial charge in [0, 0.05) is 0 Å². The maximum Gasteiger partial charge on any atom is 0.242 e. The minimum atomic E-state index is -1.43. The van der Waals surface area contributed by atoms with Crippen molar-refractivity contribution in [2.24, 2.45) is 5.92 Å². The first-order valence-electron chi connectivity index (χ1n) is 6.15. The molecule has 0 amide bonds. The number of hydrogen-bond donors (Lipinski definition) is 0. The van der Waals surface area contributed by atoms with E-state index in [-0.39, 0.29) is 0 Å². The van der Waals surface area contributed by atoms with E-state index >= 15 is 0 Å². The molecule has 2 rings (SSSR count). The molecule has 2 heteroatoms. The second-order valence-electron chi connectivity index (χ2n) is 5.70. The van der Waals surface area contributed by atoms with Crippen molar-refractivity contribution in [2.45, 2.75) is 51.7 Å². The zero-order valence-corrected chi connectivity index (χ0v) is 11.2. The molecule has 0 unspecified atom stereocenters. The highest BCUT2D eigenvalue weighted by Gasteiger charge is 2.24. The largest absolute Gasteiger partial charge is 0.544 e. The number of allylic oxidation sites excluding steroid dienone is 3. The van der Waals surface area contributed by atoms with Gasteiger partial charge in [-0.15, -0.1) is 0 Å². The van der Waals surface area contributed by atoms with E-state index in [2.05, 4.69) is 31.8 Å². The third-order valence-electron chi connectivity index (χ3n) is 2.77. The molecular formula is C13H22OSi. The molecule has 0 atom stereocenters. The molecule has 0 saturated heterocycles. The van der Waals surface area contributed by atoms with E-state index in [1.807, 2.05) is 0 Å². The smallest absolute Gasteiger partial charge is 0.242 e. The maximum absolute atomic E-state index is 6.15. The van der Waals surface area contributed by atoms with Crippen LogP contribution in [0, 0.1) is 5.92 Å². The van der Waals surface area contributed by atoms with Crippen molar-refractivity contribution in [3.05, 3.63) is 23.5 Å². The van der Waals surface area contributed by atoms with E-state index in [4.69, 9.17) is 4.43 Å². The van der Waals surface area contributed by atoms with Crippen molar-refractivity contribution in [2.75, 3.05) is 0 Å². The molecule has 0 bridgehead atoms. The van der Waals surface area contributed by atoms with Crippen molar-refractivity contribution >= 4 is 8.32 Å². The van der Waals surface area contributed by atoms with Crippen molar-refractivity contribution in [1.29, 1.82) is 0 Å². The van der Waals surface area contributed by atoms with Gasteiger partial charge in [-0.3, -0.25) is 0 Å². The summed E-state index contributed by atoms with van der Waals surface area (Å²) in [6.07, 6.45) is 11.3. The van der Waals surface area contributed by atoms with Crippen LogP contribution in [-0.4, -0.2) is 8.32 Å². The summed E-state index contributed by atoms with van der Waals surface area (Å²) in [6, 6.07) is 0. The van der Waals surface area contributed by atoms with Gasteiger partial charge in [-0.25, -0.2) is 0 Å². The van der Waals surface area contributed by atoms with Crippen molar-refractivity contribution in [1.82, 2.24) is 0 Å². The Balaban J connectivity index is 2.08. The average molecular weight is 222 g/mol. The molecule has 0 aromatic rings. The summed E-state index contributed by atoms with van der Waals surface area (Å²) in [5.41, 5.74) is 1.49. The Hall–Kier alpha value is -0.503. The molecule has 2 aliphatic rings. The summed E-state index contributed by atoms with van der Waals surface area (Å²) in [4.78, 5) is 0. The summed E-state index contributed by atoms with van der Waals surface area (Å²) >= 11 is 0. The Bertz CT molecular complexity index is 292. The first-order valence-corrected chi connectivity index (χ1v) is 9.56. The molecule has 0 aromatic heterocycles.